The number of carbonyl (C=O) groups excluding carboxylic acids is 1. The molecule has 4 nitrogen and oxygen atoms in total. The number of amides is 1. The standard InChI is InChI=1S/C17H18ClNO3/c18-16-9-5-4-8-14(16)10-15(11-20)19-17(21)22-12-13-6-2-1-3-7-13/h1-9,15,20H,10-12H2,(H,19,21). The summed E-state index contributed by atoms with van der Waals surface area (Å²) in [6.45, 7) is 0.00255. The maximum Gasteiger partial charge on any atom is 0.407 e. The zero-order valence-electron chi connectivity index (χ0n) is 12.0. The SMILES string of the molecule is O=C(NC(CO)Cc1ccccc1Cl)OCc1ccccc1. The number of aliphatic hydroxyl groups excluding tert-OH is 1. The summed E-state index contributed by atoms with van der Waals surface area (Å²) >= 11 is 6.08. The summed E-state index contributed by atoms with van der Waals surface area (Å²) in [6.07, 6.45) is -0.119. The molecular formula is C17H18ClNO3. The van der Waals surface area contributed by atoms with E-state index in [1.165, 1.54) is 0 Å². The minimum Gasteiger partial charge on any atom is -0.445 e. The van der Waals surface area contributed by atoms with Crippen LogP contribution in [0.15, 0.2) is 54.6 Å². The number of hydrogen-bond donors (Lipinski definition) is 2. The van der Waals surface area contributed by atoms with E-state index in [0.29, 0.717) is 11.4 Å². The van der Waals surface area contributed by atoms with Gasteiger partial charge < -0.3 is 15.2 Å². The normalized spacial score (nSPS) is 11.7. The molecule has 2 aromatic rings. The predicted octanol–water partition coefficient (Wildman–Crippen LogP) is 3.17. The van der Waals surface area contributed by atoms with E-state index < -0.39 is 12.1 Å². The van der Waals surface area contributed by atoms with E-state index in [-0.39, 0.29) is 13.2 Å². The maximum absolute atomic E-state index is 11.8. The lowest BCUT2D eigenvalue weighted by atomic mass is 10.1. The van der Waals surface area contributed by atoms with Crippen LogP contribution >= 0.6 is 11.6 Å². The Bertz CT molecular complexity index is 604. The number of rotatable bonds is 6. The second-order valence-electron chi connectivity index (χ2n) is 4.88. The Morgan fingerprint density at radius 1 is 1.14 bits per heavy atom. The van der Waals surface area contributed by atoms with Crippen molar-refractivity contribution in [2.24, 2.45) is 0 Å². The van der Waals surface area contributed by atoms with Gasteiger partial charge in [0.05, 0.1) is 12.6 Å². The van der Waals surface area contributed by atoms with E-state index in [4.69, 9.17) is 16.3 Å². The van der Waals surface area contributed by atoms with Crippen molar-refractivity contribution in [1.29, 1.82) is 0 Å². The summed E-state index contributed by atoms with van der Waals surface area (Å²) < 4.78 is 5.13. The Morgan fingerprint density at radius 2 is 1.82 bits per heavy atom. The fourth-order valence-corrected chi connectivity index (χ4v) is 2.23. The Hall–Kier alpha value is -2.04. The Morgan fingerprint density at radius 3 is 2.50 bits per heavy atom. The third-order valence-corrected chi connectivity index (χ3v) is 3.55. The molecule has 2 aromatic carbocycles. The number of benzene rings is 2. The van der Waals surface area contributed by atoms with Crippen LogP contribution in [0.5, 0.6) is 0 Å². The highest BCUT2D eigenvalue weighted by Crippen LogP contribution is 2.16. The summed E-state index contributed by atoms with van der Waals surface area (Å²) in [5.41, 5.74) is 1.77. The van der Waals surface area contributed by atoms with E-state index in [1.807, 2.05) is 48.5 Å². The highest BCUT2D eigenvalue weighted by molar-refractivity contribution is 6.31. The summed E-state index contributed by atoms with van der Waals surface area (Å²) in [4.78, 5) is 11.8. The molecule has 0 aromatic heterocycles. The monoisotopic (exact) mass is 319 g/mol. The van der Waals surface area contributed by atoms with Gasteiger partial charge in [-0.2, -0.15) is 0 Å². The van der Waals surface area contributed by atoms with Crippen molar-refractivity contribution in [2.75, 3.05) is 6.61 Å². The molecule has 2 rings (SSSR count). The average molecular weight is 320 g/mol. The highest BCUT2D eigenvalue weighted by atomic mass is 35.5. The molecule has 22 heavy (non-hydrogen) atoms. The third-order valence-electron chi connectivity index (χ3n) is 3.18. The molecule has 0 saturated carbocycles. The first-order valence-electron chi connectivity index (χ1n) is 7.00. The number of ether oxygens (including phenoxy) is 1. The van der Waals surface area contributed by atoms with Crippen LogP contribution in [-0.4, -0.2) is 23.8 Å². The number of hydrogen-bond acceptors (Lipinski definition) is 3. The molecule has 0 aliphatic rings. The molecule has 5 heteroatoms. The first-order chi connectivity index (χ1) is 10.7. The zero-order valence-corrected chi connectivity index (χ0v) is 12.8. The largest absolute Gasteiger partial charge is 0.445 e. The molecule has 0 radical (unpaired) electrons. The summed E-state index contributed by atoms with van der Waals surface area (Å²) in [5, 5.41) is 12.7. The van der Waals surface area contributed by atoms with Crippen molar-refractivity contribution in [3.63, 3.8) is 0 Å². The molecule has 0 aliphatic heterocycles. The van der Waals surface area contributed by atoms with Gasteiger partial charge in [-0.25, -0.2) is 4.79 Å². The van der Waals surface area contributed by atoms with E-state index in [2.05, 4.69) is 5.32 Å². The lowest BCUT2D eigenvalue weighted by Crippen LogP contribution is -2.39. The lowest BCUT2D eigenvalue weighted by Gasteiger charge is -2.17. The topological polar surface area (TPSA) is 58.6 Å². The van der Waals surface area contributed by atoms with Gasteiger partial charge in [-0.15, -0.1) is 0 Å². The van der Waals surface area contributed by atoms with Crippen LogP contribution in [0, 0.1) is 0 Å². The fourth-order valence-electron chi connectivity index (χ4n) is 2.02. The van der Waals surface area contributed by atoms with Crippen LogP contribution in [0.25, 0.3) is 0 Å². The van der Waals surface area contributed by atoms with Gasteiger partial charge in [0, 0.05) is 5.02 Å². The highest BCUT2D eigenvalue weighted by Gasteiger charge is 2.14. The van der Waals surface area contributed by atoms with Gasteiger partial charge in [-0.1, -0.05) is 60.1 Å². The smallest absolute Gasteiger partial charge is 0.407 e. The van der Waals surface area contributed by atoms with Gasteiger partial charge in [0.2, 0.25) is 0 Å². The molecule has 0 saturated heterocycles. The van der Waals surface area contributed by atoms with E-state index in [0.717, 1.165) is 11.1 Å². The van der Waals surface area contributed by atoms with E-state index in [9.17, 15) is 9.90 Å². The Balaban J connectivity index is 1.84. The lowest BCUT2D eigenvalue weighted by molar-refractivity contribution is 0.129. The van der Waals surface area contributed by atoms with Gasteiger partial charge in [-0.05, 0) is 23.6 Å². The van der Waals surface area contributed by atoms with Crippen LogP contribution in [0.4, 0.5) is 4.79 Å². The predicted molar refractivity (Wildman–Crippen MR) is 85.8 cm³/mol. The summed E-state index contributed by atoms with van der Waals surface area (Å²) in [5.74, 6) is 0. The number of alkyl carbamates (subject to hydrolysis) is 1. The molecule has 1 amide bonds. The van der Waals surface area contributed by atoms with Gasteiger partial charge in [-0.3, -0.25) is 0 Å². The van der Waals surface area contributed by atoms with Crippen molar-refractivity contribution in [3.8, 4) is 0 Å². The first kappa shape index (κ1) is 16.3. The summed E-state index contributed by atoms with van der Waals surface area (Å²) in [7, 11) is 0. The number of nitrogens with one attached hydrogen (secondary N) is 1. The number of carbonyl (C=O) groups is 1. The number of aliphatic hydroxyl groups is 1. The first-order valence-corrected chi connectivity index (χ1v) is 7.38. The molecule has 2 N–H and O–H groups in total. The minimum atomic E-state index is -0.560. The Kier molecular flexibility index (Phi) is 6.25. The van der Waals surface area contributed by atoms with Gasteiger partial charge in [0.15, 0.2) is 0 Å². The van der Waals surface area contributed by atoms with Crippen LogP contribution in [-0.2, 0) is 17.8 Å². The van der Waals surface area contributed by atoms with E-state index >= 15 is 0 Å². The molecule has 0 spiro atoms. The van der Waals surface area contributed by atoms with Gasteiger partial charge in [0.25, 0.3) is 0 Å². The van der Waals surface area contributed by atoms with Crippen molar-refractivity contribution in [3.05, 3.63) is 70.7 Å². The average Bonchev–Trinajstić information content (AvgIpc) is 2.55. The molecule has 0 fully saturated rings. The van der Waals surface area contributed by atoms with Crippen LogP contribution in [0.1, 0.15) is 11.1 Å². The van der Waals surface area contributed by atoms with Gasteiger partial charge in [0.1, 0.15) is 6.61 Å². The van der Waals surface area contributed by atoms with Crippen molar-refractivity contribution < 1.29 is 14.6 Å². The second kappa shape index (κ2) is 8.41. The minimum absolute atomic E-state index is 0.189. The maximum atomic E-state index is 11.8. The van der Waals surface area contributed by atoms with Crippen LogP contribution < -0.4 is 5.32 Å². The molecule has 0 bridgehead atoms. The quantitative estimate of drug-likeness (QED) is 0.859. The van der Waals surface area contributed by atoms with Crippen LogP contribution in [0.2, 0.25) is 5.02 Å². The molecule has 0 heterocycles. The fraction of sp³-hybridized carbons (Fsp3) is 0.235. The van der Waals surface area contributed by atoms with Crippen molar-refractivity contribution >= 4 is 17.7 Å². The third kappa shape index (κ3) is 5.06. The zero-order chi connectivity index (χ0) is 15.8. The summed E-state index contributed by atoms with van der Waals surface area (Å²) in [6, 6.07) is 16.3. The Labute approximate surface area is 134 Å². The van der Waals surface area contributed by atoms with Gasteiger partial charge >= 0.3 is 6.09 Å². The molecule has 0 aliphatic carbocycles. The number of halogens is 1. The molecule has 1 unspecified atom stereocenters. The van der Waals surface area contributed by atoms with Crippen LogP contribution in [0.3, 0.4) is 0 Å². The van der Waals surface area contributed by atoms with Crippen molar-refractivity contribution in [1.82, 2.24) is 5.32 Å². The second-order valence-corrected chi connectivity index (χ2v) is 5.29. The molecular weight excluding hydrogens is 302 g/mol. The molecule has 1 atom stereocenters. The molecule has 116 valence electrons. The van der Waals surface area contributed by atoms with Crippen molar-refractivity contribution in [2.45, 2.75) is 19.1 Å². The van der Waals surface area contributed by atoms with E-state index in [1.54, 1.807) is 6.07 Å².